The predicted molar refractivity (Wildman–Crippen MR) is 117 cm³/mol. The first-order valence-electron chi connectivity index (χ1n) is 9.93. The summed E-state index contributed by atoms with van der Waals surface area (Å²) in [6, 6.07) is 4.18. The van der Waals surface area contributed by atoms with E-state index in [0.29, 0.717) is 17.2 Å². The van der Waals surface area contributed by atoms with Crippen molar-refractivity contribution in [2.75, 3.05) is 32.1 Å². The van der Waals surface area contributed by atoms with E-state index in [9.17, 15) is 19.7 Å². The largest absolute Gasteiger partial charge is 0.495 e. The van der Waals surface area contributed by atoms with Gasteiger partial charge in [-0.05, 0) is 25.8 Å². The summed E-state index contributed by atoms with van der Waals surface area (Å²) in [5.41, 5.74) is 2.57. The van der Waals surface area contributed by atoms with Crippen LogP contribution in [0, 0.1) is 17.0 Å². The van der Waals surface area contributed by atoms with Gasteiger partial charge in [-0.1, -0.05) is 0 Å². The van der Waals surface area contributed by atoms with Crippen LogP contribution in [0.15, 0.2) is 23.7 Å². The summed E-state index contributed by atoms with van der Waals surface area (Å²) >= 11 is 1.34. The van der Waals surface area contributed by atoms with Crippen molar-refractivity contribution in [3.8, 4) is 5.75 Å². The van der Waals surface area contributed by atoms with Crippen molar-refractivity contribution < 1.29 is 19.2 Å². The number of rotatable bonds is 8. The number of methoxy groups -OCH3 is 1. The molecule has 166 valence electrons. The van der Waals surface area contributed by atoms with Crippen molar-refractivity contribution in [1.29, 1.82) is 0 Å². The summed E-state index contributed by atoms with van der Waals surface area (Å²) in [5.74, 6) is 0.0466. The van der Waals surface area contributed by atoms with Gasteiger partial charge in [0.25, 0.3) is 11.6 Å². The van der Waals surface area contributed by atoms with Crippen molar-refractivity contribution in [3.63, 3.8) is 0 Å². The lowest BCUT2D eigenvalue weighted by molar-refractivity contribution is -0.384. The molecule has 1 aromatic carbocycles. The SMILES string of the molecule is COc1ccc([N+](=O)[O-])cc1NC(=O)CCN1CCC(NC(=O)c2scnc2C)CC1. The van der Waals surface area contributed by atoms with Gasteiger partial charge in [-0.3, -0.25) is 19.7 Å². The van der Waals surface area contributed by atoms with Crippen LogP contribution in [0.5, 0.6) is 5.75 Å². The number of ether oxygens (including phenoxy) is 1. The van der Waals surface area contributed by atoms with E-state index in [-0.39, 0.29) is 35.7 Å². The van der Waals surface area contributed by atoms with Gasteiger partial charge in [0.15, 0.2) is 0 Å². The highest BCUT2D eigenvalue weighted by atomic mass is 32.1. The number of hydrogen-bond donors (Lipinski definition) is 2. The number of thiazole rings is 1. The number of nitro benzene ring substituents is 1. The molecule has 1 aliphatic rings. The molecule has 0 atom stereocenters. The maximum Gasteiger partial charge on any atom is 0.271 e. The minimum atomic E-state index is -0.520. The molecular formula is C20H25N5O5S. The Bertz CT molecular complexity index is 955. The van der Waals surface area contributed by atoms with Gasteiger partial charge in [-0.15, -0.1) is 11.3 Å². The molecule has 3 rings (SSSR count). The van der Waals surface area contributed by atoms with Crippen molar-refractivity contribution >= 4 is 34.5 Å². The Kier molecular flexibility index (Phi) is 7.53. The summed E-state index contributed by atoms with van der Waals surface area (Å²) in [6.45, 7) is 3.94. The summed E-state index contributed by atoms with van der Waals surface area (Å²) < 4.78 is 5.17. The van der Waals surface area contributed by atoms with Crippen LogP contribution in [-0.2, 0) is 4.79 Å². The molecule has 1 saturated heterocycles. The van der Waals surface area contributed by atoms with E-state index in [0.717, 1.165) is 31.6 Å². The lowest BCUT2D eigenvalue weighted by Crippen LogP contribution is -2.45. The van der Waals surface area contributed by atoms with Crippen LogP contribution in [0.3, 0.4) is 0 Å². The van der Waals surface area contributed by atoms with Crippen LogP contribution < -0.4 is 15.4 Å². The third-order valence-electron chi connectivity index (χ3n) is 5.20. The van der Waals surface area contributed by atoms with Gasteiger partial charge in [-0.25, -0.2) is 4.98 Å². The first kappa shape index (κ1) is 22.6. The topological polar surface area (TPSA) is 127 Å². The molecule has 1 fully saturated rings. The molecule has 0 aliphatic carbocycles. The molecule has 0 spiro atoms. The molecule has 0 bridgehead atoms. The highest BCUT2D eigenvalue weighted by molar-refractivity contribution is 7.11. The lowest BCUT2D eigenvalue weighted by Gasteiger charge is -2.32. The quantitative estimate of drug-likeness (QED) is 0.470. The zero-order valence-corrected chi connectivity index (χ0v) is 18.2. The fourth-order valence-electron chi connectivity index (χ4n) is 3.45. The van der Waals surface area contributed by atoms with E-state index in [1.807, 2.05) is 6.92 Å². The van der Waals surface area contributed by atoms with E-state index < -0.39 is 4.92 Å². The number of carbonyl (C=O) groups is 2. The molecular weight excluding hydrogens is 422 g/mol. The van der Waals surface area contributed by atoms with Gasteiger partial charge in [0, 0.05) is 44.2 Å². The van der Waals surface area contributed by atoms with Crippen LogP contribution in [0.1, 0.15) is 34.6 Å². The first-order valence-corrected chi connectivity index (χ1v) is 10.8. The molecule has 2 amide bonds. The monoisotopic (exact) mass is 447 g/mol. The Morgan fingerprint density at radius 2 is 2.10 bits per heavy atom. The highest BCUT2D eigenvalue weighted by Crippen LogP contribution is 2.29. The smallest absolute Gasteiger partial charge is 0.271 e. The summed E-state index contributed by atoms with van der Waals surface area (Å²) in [5, 5.41) is 16.7. The Hall–Kier alpha value is -3.05. The van der Waals surface area contributed by atoms with Gasteiger partial charge in [0.05, 0.1) is 28.9 Å². The minimum absolute atomic E-state index is 0.0799. The lowest BCUT2D eigenvalue weighted by atomic mass is 10.0. The van der Waals surface area contributed by atoms with E-state index in [1.165, 1.54) is 36.6 Å². The minimum Gasteiger partial charge on any atom is -0.495 e. The molecule has 10 nitrogen and oxygen atoms in total. The number of nitrogens with one attached hydrogen (secondary N) is 2. The van der Waals surface area contributed by atoms with Crippen molar-refractivity contribution in [2.24, 2.45) is 0 Å². The van der Waals surface area contributed by atoms with Crippen LogP contribution >= 0.6 is 11.3 Å². The number of non-ortho nitro benzene ring substituents is 1. The number of aryl methyl sites for hydroxylation is 1. The molecule has 1 aromatic heterocycles. The number of nitrogens with zero attached hydrogens (tertiary/aromatic N) is 3. The van der Waals surface area contributed by atoms with Crippen LogP contribution in [0.25, 0.3) is 0 Å². The summed E-state index contributed by atoms with van der Waals surface area (Å²) in [7, 11) is 1.44. The number of benzene rings is 1. The molecule has 2 aromatic rings. The fraction of sp³-hybridized carbons (Fsp3) is 0.450. The Morgan fingerprint density at radius 1 is 1.35 bits per heavy atom. The zero-order valence-electron chi connectivity index (χ0n) is 17.4. The van der Waals surface area contributed by atoms with Crippen LogP contribution in [-0.4, -0.2) is 59.4 Å². The van der Waals surface area contributed by atoms with E-state index in [2.05, 4.69) is 20.5 Å². The number of anilines is 1. The van der Waals surface area contributed by atoms with E-state index in [4.69, 9.17) is 4.74 Å². The standard InChI is InChI=1S/C20H25N5O5S/c1-13-19(31-12-21-13)20(27)22-14-5-8-24(9-6-14)10-7-18(26)23-16-11-15(25(28)29)3-4-17(16)30-2/h3-4,11-12,14H,5-10H2,1-2H3,(H,22,27)(H,23,26). The number of piperidine rings is 1. The maximum absolute atomic E-state index is 12.4. The van der Waals surface area contributed by atoms with Crippen molar-refractivity contribution in [2.45, 2.75) is 32.2 Å². The summed E-state index contributed by atoms with van der Waals surface area (Å²) in [6.07, 6.45) is 1.87. The number of amides is 2. The Morgan fingerprint density at radius 3 is 2.71 bits per heavy atom. The third-order valence-corrected chi connectivity index (χ3v) is 6.12. The molecule has 0 unspecified atom stereocenters. The number of likely N-dealkylation sites (tertiary alicyclic amines) is 1. The average molecular weight is 448 g/mol. The van der Waals surface area contributed by atoms with E-state index in [1.54, 1.807) is 5.51 Å². The van der Waals surface area contributed by atoms with Gasteiger partial charge in [0.1, 0.15) is 10.6 Å². The molecule has 11 heteroatoms. The Balaban J connectivity index is 1.44. The highest BCUT2D eigenvalue weighted by Gasteiger charge is 2.23. The molecule has 1 aliphatic heterocycles. The molecule has 2 heterocycles. The van der Waals surface area contributed by atoms with Gasteiger partial charge in [-0.2, -0.15) is 0 Å². The molecule has 31 heavy (non-hydrogen) atoms. The third kappa shape index (κ3) is 5.98. The number of nitro groups is 1. The van der Waals surface area contributed by atoms with Crippen molar-refractivity contribution in [1.82, 2.24) is 15.2 Å². The second kappa shape index (κ2) is 10.3. The summed E-state index contributed by atoms with van der Waals surface area (Å²) in [4.78, 5) is 42.0. The van der Waals surface area contributed by atoms with Crippen LogP contribution in [0.4, 0.5) is 11.4 Å². The normalized spacial score (nSPS) is 14.8. The maximum atomic E-state index is 12.4. The number of aromatic nitrogens is 1. The molecule has 0 saturated carbocycles. The molecule has 0 radical (unpaired) electrons. The second-order valence-corrected chi connectivity index (χ2v) is 8.15. The number of hydrogen-bond acceptors (Lipinski definition) is 8. The predicted octanol–water partition coefficient (Wildman–Crippen LogP) is 2.59. The zero-order chi connectivity index (χ0) is 22.4. The fourth-order valence-corrected chi connectivity index (χ4v) is 4.16. The van der Waals surface area contributed by atoms with Gasteiger partial charge < -0.3 is 20.3 Å². The first-order chi connectivity index (χ1) is 14.9. The number of carbonyl (C=O) groups excluding carboxylic acids is 2. The average Bonchev–Trinajstić information content (AvgIpc) is 3.19. The van der Waals surface area contributed by atoms with E-state index >= 15 is 0 Å². The van der Waals surface area contributed by atoms with Crippen LogP contribution in [0.2, 0.25) is 0 Å². The second-order valence-electron chi connectivity index (χ2n) is 7.30. The van der Waals surface area contributed by atoms with Crippen molar-refractivity contribution in [3.05, 3.63) is 44.4 Å². The molecule has 2 N–H and O–H groups in total. The van der Waals surface area contributed by atoms with Gasteiger partial charge in [0.2, 0.25) is 5.91 Å². The Labute approximate surface area is 183 Å². The van der Waals surface area contributed by atoms with Gasteiger partial charge >= 0.3 is 0 Å².